The minimum absolute atomic E-state index is 0.0808. The predicted octanol–water partition coefficient (Wildman–Crippen LogP) is 3.06. The molecule has 0 unspecified atom stereocenters. The number of hydrogen-bond donors (Lipinski definition) is 2. The van der Waals surface area contributed by atoms with Gasteiger partial charge in [-0.2, -0.15) is 0 Å². The zero-order chi connectivity index (χ0) is 20.1. The van der Waals surface area contributed by atoms with Crippen LogP contribution in [0.5, 0.6) is 11.5 Å². The zero-order valence-corrected chi connectivity index (χ0v) is 15.2. The Morgan fingerprint density at radius 1 is 1.32 bits per heavy atom. The van der Waals surface area contributed by atoms with E-state index in [1.807, 2.05) is 0 Å². The van der Waals surface area contributed by atoms with Gasteiger partial charge in [-0.25, -0.2) is 4.79 Å². The highest BCUT2D eigenvalue weighted by Gasteiger charge is 2.14. The number of aliphatic imine (C=N–C) groups is 1. The standard InChI is InChI=1S/C20H17N3O5/c1-12-8-17(24)16(20(26)28-12)11-22-13-5-6-18(27-2)15(9-13)19(25)23-14-4-3-7-21-10-14/h3-11,24H,1-2H3,(H,23,25). The lowest BCUT2D eigenvalue weighted by molar-refractivity contribution is 0.102. The van der Waals surface area contributed by atoms with Crippen LogP contribution >= 0.6 is 0 Å². The summed E-state index contributed by atoms with van der Waals surface area (Å²) in [7, 11) is 1.45. The topological polar surface area (TPSA) is 114 Å². The molecule has 0 aliphatic carbocycles. The molecular formula is C20H17N3O5. The molecule has 0 fully saturated rings. The van der Waals surface area contributed by atoms with Crippen LogP contribution in [0.1, 0.15) is 21.7 Å². The lowest BCUT2D eigenvalue weighted by Crippen LogP contribution is -2.13. The number of aromatic hydroxyl groups is 1. The quantitative estimate of drug-likeness (QED) is 0.659. The summed E-state index contributed by atoms with van der Waals surface area (Å²) in [5.41, 5.74) is 0.385. The molecule has 8 heteroatoms. The van der Waals surface area contributed by atoms with Crippen LogP contribution in [0, 0.1) is 6.92 Å². The summed E-state index contributed by atoms with van der Waals surface area (Å²) >= 11 is 0. The Labute approximate surface area is 160 Å². The molecule has 8 nitrogen and oxygen atoms in total. The Kier molecular flexibility index (Phi) is 5.50. The fourth-order valence-corrected chi connectivity index (χ4v) is 2.45. The molecule has 3 aromatic rings. The lowest BCUT2D eigenvalue weighted by Gasteiger charge is -2.10. The number of amides is 1. The van der Waals surface area contributed by atoms with Gasteiger partial charge >= 0.3 is 5.63 Å². The Morgan fingerprint density at radius 2 is 2.14 bits per heavy atom. The number of ether oxygens (including phenoxy) is 1. The van der Waals surface area contributed by atoms with Crippen molar-refractivity contribution in [3.63, 3.8) is 0 Å². The molecule has 2 aromatic heterocycles. The summed E-state index contributed by atoms with van der Waals surface area (Å²) in [4.78, 5) is 32.5. The van der Waals surface area contributed by atoms with E-state index in [1.54, 1.807) is 37.4 Å². The molecule has 28 heavy (non-hydrogen) atoms. The van der Waals surface area contributed by atoms with Crippen LogP contribution in [0.4, 0.5) is 11.4 Å². The van der Waals surface area contributed by atoms with Gasteiger partial charge in [0.25, 0.3) is 5.91 Å². The second-order valence-corrected chi connectivity index (χ2v) is 5.78. The minimum atomic E-state index is -0.704. The fraction of sp³-hybridized carbons (Fsp3) is 0.100. The maximum atomic E-state index is 12.6. The van der Waals surface area contributed by atoms with Gasteiger partial charge in [0.15, 0.2) is 0 Å². The summed E-state index contributed by atoms with van der Waals surface area (Å²) in [5.74, 6) is 0.0108. The van der Waals surface area contributed by atoms with E-state index in [2.05, 4.69) is 15.3 Å². The number of hydrogen-bond acceptors (Lipinski definition) is 7. The van der Waals surface area contributed by atoms with Gasteiger partial charge in [0.05, 0.1) is 30.2 Å². The largest absolute Gasteiger partial charge is 0.507 e. The third-order valence-corrected chi connectivity index (χ3v) is 3.78. The van der Waals surface area contributed by atoms with Crippen LogP contribution in [-0.4, -0.2) is 29.3 Å². The van der Waals surface area contributed by atoms with Crippen molar-refractivity contribution in [2.24, 2.45) is 4.99 Å². The molecule has 0 saturated carbocycles. The number of carbonyl (C=O) groups is 1. The highest BCUT2D eigenvalue weighted by Crippen LogP contribution is 2.25. The van der Waals surface area contributed by atoms with Gasteiger partial charge in [0, 0.05) is 18.5 Å². The van der Waals surface area contributed by atoms with Gasteiger partial charge in [-0.15, -0.1) is 0 Å². The Balaban J connectivity index is 1.91. The van der Waals surface area contributed by atoms with Crippen LogP contribution in [-0.2, 0) is 0 Å². The second-order valence-electron chi connectivity index (χ2n) is 5.78. The molecule has 0 atom stereocenters. The fourth-order valence-electron chi connectivity index (χ4n) is 2.45. The molecule has 0 aliphatic heterocycles. The van der Waals surface area contributed by atoms with Crippen molar-refractivity contribution in [3.8, 4) is 11.5 Å². The predicted molar refractivity (Wildman–Crippen MR) is 104 cm³/mol. The smallest absolute Gasteiger partial charge is 0.348 e. The number of pyridine rings is 1. The number of aryl methyl sites for hydroxylation is 1. The Morgan fingerprint density at radius 3 is 2.82 bits per heavy atom. The first kappa shape index (κ1) is 18.8. The van der Waals surface area contributed by atoms with Gasteiger partial charge in [0.2, 0.25) is 0 Å². The summed E-state index contributed by atoms with van der Waals surface area (Å²) in [6.45, 7) is 1.55. The molecular weight excluding hydrogens is 362 g/mol. The highest BCUT2D eigenvalue weighted by molar-refractivity contribution is 6.06. The van der Waals surface area contributed by atoms with Crippen molar-refractivity contribution in [2.75, 3.05) is 12.4 Å². The van der Waals surface area contributed by atoms with Crippen LogP contribution in [0.15, 0.2) is 63.0 Å². The number of nitrogens with zero attached hydrogens (tertiary/aromatic N) is 2. The minimum Gasteiger partial charge on any atom is -0.507 e. The number of nitrogens with one attached hydrogen (secondary N) is 1. The molecule has 0 radical (unpaired) electrons. The van der Waals surface area contributed by atoms with Gasteiger partial charge in [0.1, 0.15) is 22.8 Å². The second kappa shape index (κ2) is 8.17. The number of methoxy groups -OCH3 is 1. The van der Waals surface area contributed by atoms with Crippen LogP contribution in [0.25, 0.3) is 0 Å². The number of benzene rings is 1. The van der Waals surface area contributed by atoms with Crippen molar-refractivity contribution in [1.82, 2.24) is 4.98 Å². The van der Waals surface area contributed by atoms with Gasteiger partial charge < -0.3 is 19.6 Å². The van der Waals surface area contributed by atoms with E-state index in [-0.39, 0.29) is 16.9 Å². The van der Waals surface area contributed by atoms with E-state index in [1.165, 1.54) is 31.7 Å². The van der Waals surface area contributed by atoms with Crippen molar-refractivity contribution < 1.29 is 19.1 Å². The Hall–Kier alpha value is -3.94. The molecule has 142 valence electrons. The molecule has 1 amide bonds. The molecule has 1 aromatic carbocycles. The molecule has 3 rings (SSSR count). The summed E-state index contributed by atoms with van der Waals surface area (Å²) in [6, 6.07) is 9.44. The SMILES string of the molecule is COc1ccc(N=Cc2c(O)cc(C)oc2=O)cc1C(=O)Nc1cccnc1. The molecule has 0 spiro atoms. The third kappa shape index (κ3) is 4.24. The zero-order valence-electron chi connectivity index (χ0n) is 15.2. The molecule has 2 N–H and O–H groups in total. The first-order chi connectivity index (χ1) is 13.5. The highest BCUT2D eigenvalue weighted by atomic mass is 16.5. The first-order valence-corrected chi connectivity index (χ1v) is 8.25. The summed E-state index contributed by atoms with van der Waals surface area (Å²) in [5, 5.41) is 12.6. The Bertz CT molecular complexity index is 1090. The van der Waals surface area contributed by atoms with Crippen LogP contribution < -0.4 is 15.7 Å². The number of aromatic nitrogens is 1. The molecule has 2 heterocycles. The number of rotatable bonds is 5. The van der Waals surface area contributed by atoms with Crippen molar-refractivity contribution in [3.05, 3.63) is 76.1 Å². The molecule has 0 aliphatic rings. The third-order valence-electron chi connectivity index (χ3n) is 3.78. The maximum absolute atomic E-state index is 12.6. The average molecular weight is 379 g/mol. The van der Waals surface area contributed by atoms with E-state index < -0.39 is 11.5 Å². The number of anilines is 1. The normalized spacial score (nSPS) is 10.8. The van der Waals surface area contributed by atoms with E-state index >= 15 is 0 Å². The number of carbonyl (C=O) groups excluding carboxylic acids is 1. The van der Waals surface area contributed by atoms with Crippen molar-refractivity contribution in [1.29, 1.82) is 0 Å². The van der Waals surface area contributed by atoms with Crippen molar-refractivity contribution in [2.45, 2.75) is 6.92 Å². The van der Waals surface area contributed by atoms with Gasteiger partial charge in [-0.05, 0) is 37.3 Å². The first-order valence-electron chi connectivity index (χ1n) is 8.25. The van der Waals surface area contributed by atoms with Crippen molar-refractivity contribution >= 4 is 23.5 Å². The van der Waals surface area contributed by atoms with Gasteiger partial charge in [-0.1, -0.05) is 0 Å². The van der Waals surface area contributed by atoms with E-state index in [4.69, 9.17) is 9.15 Å². The van der Waals surface area contributed by atoms with Gasteiger partial charge in [-0.3, -0.25) is 14.8 Å². The average Bonchev–Trinajstić information content (AvgIpc) is 2.67. The molecule has 0 saturated heterocycles. The molecule has 0 bridgehead atoms. The lowest BCUT2D eigenvalue weighted by atomic mass is 10.1. The van der Waals surface area contributed by atoms with E-state index in [9.17, 15) is 14.7 Å². The van der Waals surface area contributed by atoms with E-state index in [0.29, 0.717) is 22.9 Å². The van der Waals surface area contributed by atoms with Crippen LogP contribution in [0.2, 0.25) is 0 Å². The summed E-state index contributed by atoms with van der Waals surface area (Å²) in [6.07, 6.45) is 4.31. The van der Waals surface area contributed by atoms with Crippen LogP contribution in [0.3, 0.4) is 0 Å². The monoisotopic (exact) mass is 379 g/mol. The summed E-state index contributed by atoms with van der Waals surface area (Å²) < 4.78 is 10.2. The maximum Gasteiger partial charge on any atom is 0.348 e. The van der Waals surface area contributed by atoms with E-state index in [0.717, 1.165) is 0 Å².